The first-order valence-corrected chi connectivity index (χ1v) is 10.7. The van der Waals surface area contributed by atoms with E-state index in [-0.39, 0.29) is 5.82 Å². The van der Waals surface area contributed by atoms with Crippen LogP contribution in [0.25, 0.3) is 0 Å². The molecule has 3 nitrogen and oxygen atoms in total. The summed E-state index contributed by atoms with van der Waals surface area (Å²) in [6, 6.07) is 20.2. The summed E-state index contributed by atoms with van der Waals surface area (Å²) in [5.41, 5.74) is 6.70. The fourth-order valence-electron chi connectivity index (χ4n) is 4.41. The summed E-state index contributed by atoms with van der Waals surface area (Å²) in [5, 5.41) is 0. The molecule has 5 heteroatoms. The van der Waals surface area contributed by atoms with Gasteiger partial charge in [0.25, 0.3) is 0 Å². The van der Waals surface area contributed by atoms with E-state index in [1.807, 2.05) is 6.07 Å². The topological polar surface area (TPSA) is 24.5 Å². The molecule has 0 fully saturated rings. The van der Waals surface area contributed by atoms with Gasteiger partial charge < -0.3 is 9.46 Å². The molecule has 0 saturated heterocycles. The van der Waals surface area contributed by atoms with Crippen LogP contribution in [0.5, 0.6) is 5.75 Å². The van der Waals surface area contributed by atoms with Gasteiger partial charge >= 0.3 is 0 Å². The fourth-order valence-corrected chi connectivity index (χ4v) is 5.09. The van der Waals surface area contributed by atoms with Crippen LogP contribution in [0, 0.1) is 5.82 Å². The van der Waals surface area contributed by atoms with Gasteiger partial charge in [-0.3, -0.25) is 4.90 Å². The van der Waals surface area contributed by atoms with Crippen molar-refractivity contribution >= 4 is 17.6 Å². The molecule has 1 atom stereocenters. The molecule has 0 spiro atoms. The minimum absolute atomic E-state index is 0.212. The predicted molar refractivity (Wildman–Crippen MR) is 116 cm³/mol. The van der Waals surface area contributed by atoms with Crippen molar-refractivity contribution in [2.24, 2.45) is 0 Å². The number of halogens is 1. The van der Waals surface area contributed by atoms with Crippen molar-refractivity contribution in [1.82, 2.24) is 4.90 Å². The van der Waals surface area contributed by atoms with Crippen molar-refractivity contribution in [3.05, 3.63) is 88.7 Å². The molecular weight excluding hydrogens is 383 g/mol. The van der Waals surface area contributed by atoms with Crippen molar-refractivity contribution in [2.75, 3.05) is 18.4 Å². The van der Waals surface area contributed by atoms with Gasteiger partial charge in [-0.1, -0.05) is 18.2 Å². The number of methoxy groups -OCH3 is 1. The average Bonchev–Trinajstić information content (AvgIpc) is 2.75. The quantitative estimate of drug-likeness (QED) is 0.569. The third-order valence-electron chi connectivity index (χ3n) is 5.89. The summed E-state index contributed by atoms with van der Waals surface area (Å²) < 4.78 is 22.1. The van der Waals surface area contributed by atoms with E-state index in [9.17, 15) is 4.39 Å². The molecule has 148 valence electrons. The number of hydrogen-bond acceptors (Lipinski definition) is 4. The first kappa shape index (κ1) is 18.5. The largest absolute Gasteiger partial charge is 0.497 e. The molecule has 0 bridgehead atoms. The Hall–Kier alpha value is -2.50. The molecule has 5 rings (SSSR count). The molecule has 0 saturated carbocycles. The molecule has 3 aromatic carbocycles. The van der Waals surface area contributed by atoms with Crippen molar-refractivity contribution < 1.29 is 9.13 Å². The Morgan fingerprint density at radius 2 is 1.97 bits per heavy atom. The van der Waals surface area contributed by atoms with Crippen LogP contribution in [0.1, 0.15) is 28.3 Å². The second-order valence-electron chi connectivity index (χ2n) is 7.65. The van der Waals surface area contributed by atoms with Crippen LogP contribution >= 0.6 is 11.9 Å². The summed E-state index contributed by atoms with van der Waals surface area (Å²) in [5.74, 6) is 0.733. The van der Waals surface area contributed by atoms with Crippen LogP contribution < -0.4 is 9.46 Å². The van der Waals surface area contributed by atoms with E-state index in [1.165, 1.54) is 40.3 Å². The number of anilines is 1. The summed E-state index contributed by atoms with van der Waals surface area (Å²) in [7, 11) is 1.73. The molecule has 0 aliphatic carbocycles. The monoisotopic (exact) mass is 406 g/mol. The van der Waals surface area contributed by atoms with E-state index in [0.717, 1.165) is 42.3 Å². The van der Waals surface area contributed by atoms with Crippen LogP contribution in [0.2, 0.25) is 0 Å². The number of nitrogens with one attached hydrogen (secondary N) is 1. The molecule has 0 amide bonds. The molecular formula is C24H23FN2OS. The second-order valence-corrected chi connectivity index (χ2v) is 8.53. The minimum atomic E-state index is -0.212. The Kier molecular flexibility index (Phi) is 4.94. The normalized spacial score (nSPS) is 17.8. The van der Waals surface area contributed by atoms with Gasteiger partial charge in [0, 0.05) is 29.7 Å². The number of ether oxygens (including phenoxy) is 1. The third kappa shape index (κ3) is 3.72. The van der Waals surface area contributed by atoms with E-state index < -0.39 is 0 Å². The van der Waals surface area contributed by atoms with Crippen molar-refractivity contribution in [3.63, 3.8) is 0 Å². The van der Waals surface area contributed by atoms with Gasteiger partial charge in [0.1, 0.15) is 11.6 Å². The molecule has 2 aliphatic heterocycles. The van der Waals surface area contributed by atoms with Gasteiger partial charge in [0.15, 0.2) is 0 Å². The summed E-state index contributed by atoms with van der Waals surface area (Å²) in [6.45, 7) is 2.03. The Labute approximate surface area is 175 Å². The van der Waals surface area contributed by atoms with Crippen LogP contribution in [0.4, 0.5) is 10.1 Å². The highest BCUT2D eigenvalue weighted by Crippen LogP contribution is 2.40. The van der Waals surface area contributed by atoms with Gasteiger partial charge in [-0.15, -0.1) is 0 Å². The number of nitrogens with zero attached hydrogens (tertiary/aromatic N) is 1. The van der Waals surface area contributed by atoms with E-state index in [2.05, 4.69) is 46.0 Å². The Balaban J connectivity index is 1.34. The van der Waals surface area contributed by atoms with Crippen LogP contribution in [0.3, 0.4) is 0 Å². The maximum atomic E-state index is 13.4. The standard InChI is InChI=1S/C24H23FN2OS/c1-28-21-7-8-23-17(12-21)9-10-27-15-18-11-20(6-5-16(18)13-24(23)27)26-29-22-4-2-3-19(25)14-22/h2-8,11-12,14,24,26H,9-10,13,15H2,1H3. The summed E-state index contributed by atoms with van der Waals surface area (Å²) in [4.78, 5) is 3.45. The van der Waals surface area contributed by atoms with Gasteiger partial charge in [-0.2, -0.15) is 0 Å². The van der Waals surface area contributed by atoms with E-state index >= 15 is 0 Å². The van der Waals surface area contributed by atoms with Crippen LogP contribution in [-0.2, 0) is 19.4 Å². The maximum absolute atomic E-state index is 13.4. The van der Waals surface area contributed by atoms with Crippen molar-refractivity contribution in [1.29, 1.82) is 0 Å². The maximum Gasteiger partial charge on any atom is 0.124 e. The lowest BCUT2D eigenvalue weighted by Crippen LogP contribution is -2.39. The highest BCUT2D eigenvalue weighted by molar-refractivity contribution is 8.00. The fraction of sp³-hybridized carbons (Fsp3) is 0.250. The van der Waals surface area contributed by atoms with Gasteiger partial charge in [-0.25, -0.2) is 4.39 Å². The molecule has 1 N–H and O–H groups in total. The Morgan fingerprint density at radius 1 is 1.03 bits per heavy atom. The molecule has 0 aromatic heterocycles. The highest BCUT2D eigenvalue weighted by Gasteiger charge is 2.32. The third-order valence-corrected chi connectivity index (χ3v) is 6.72. The molecule has 2 aliphatic rings. The van der Waals surface area contributed by atoms with Gasteiger partial charge in [0.2, 0.25) is 0 Å². The smallest absolute Gasteiger partial charge is 0.124 e. The number of benzene rings is 3. The summed E-state index contributed by atoms with van der Waals surface area (Å²) >= 11 is 1.44. The SMILES string of the molecule is COc1ccc2c(c1)CCN1Cc3cc(NSc4cccc(F)c4)ccc3CC21. The lowest BCUT2D eigenvalue weighted by Gasteiger charge is -2.41. The second kappa shape index (κ2) is 7.73. The molecule has 1 unspecified atom stereocenters. The zero-order valence-corrected chi connectivity index (χ0v) is 17.1. The lowest BCUT2D eigenvalue weighted by molar-refractivity contribution is 0.161. The molecule has 29 heavy (non-hydrogen) atoms. The molecule has 0 radical (unpaired) electrons. The first-order valence-electron chi connectivity index (χ1n) is 9.91. The zero-order valence-electron chi connectivity index (χ0n) is 16.3. The minimum Gasteiger partial charge on any atom is -0.497 e. The summed E-state index contributed by atoms with van der Waals surface area (Å²) in [6.07, 6.45) is 2.09. The molecule has 2 heterocycles. The predicted octanol–water partition coefficient (Wildman–Crippen LogP) is 5.61. The van der Waals surface area contributed by atoms with Gasteiger partial charge in [-0.05, 0) is 89.5 Å². The number of rotatable bonds is 4. The average molecular weight is 407 g/mol. The van der Waals surface area contributed by atoms with Gasteiger partial charge in [0.05, 0.1) is 7.11 Å². The van der Waals surface area contributed by atoms with Crippen LogP contribution in [-0.4, -0.2) is 18.6 Å². The van der Waals surface area contributed by atoms with E-state index in [1.54, 1.807) is 19.2 Å². The Bertz CT molecular complexity index is 1050. The Morgan fingerprint density at radius 3 is 2.83 bits per heavy atom. The van der Waals surface area contributed by atoms with E-state index in [4.69, 9.17) is 4.74 Å². The van der Waals surface area contributed by atoms with E-state index in [0.29, 0.717) is 6.04 Å². The zero-order chi connectivity index (χ0) is 19.8. The lowest BCUT2D eigenvalue weighted by atomic mass is 9.84. The number of fused-ring (bicyclic) bond motifs is 4. The van der Waals surface area contributed by atoms with Crippen molar-refractivity contribution in [2.45, 2.75) is 30.3 Å². The molecule has 3 aromatic rings. The van der Waals surface area contributed by atoms with Crippen molar-refractivity contribution in [3.8, 4) is 5.75 Å². The number of hydrogen-bond donors (Lipinski definition) is 1. The van der Waals surface area contributed by atoms with Crippen LogP contribution in [0.15, 0.2) is 65.6 Å². The highest BCUT2D eigenvalue weighted by atomic mass is 32.2. The first-order chi connectivity index (χ1) is 14.2.